The standard InChI is InChI=1S/C13H12BrClN4O3/c1-19-13(21)11(15)8(6-17-19)18-16-5-7-3-4-9(22-2)12(20)10(7)14/h3-6,18,20H,1-2H3/b16-5-. The largest absolute Gasteiger partial charge is 0.503 e. The Bertz CT molecular complexity index is 792. The van der Waals surface area contributed by atoms with E-state index in [0.29, 0.717) is 15.8 Å². The van der Waals surface area contributed by atoms with Crippen LogP contribution < -0.4 is 15.7 Å². The summed E-state index contributed by atoms with van der Waals surface area (Å²) in [6.45, 7) is 0. The number of nitrogens with one attached hydrogen (secondary N) is 1. The van der Waals surface area contributed by atoms with Gasteiger partial charge in [-0.1, -0.05) is 11.6 Å². The molecule has 0 radical (unpaired) electrons. The van der Waals surface area contributed by atoms with E-state index in [1.165, 1.54) is 26.6 Å². The van der Waals surface area contributed by atoms with Crippen molar-refractivity contribution in [3.8, 4) is 11.5 Å². The lowest BCUT2D eigenvalue weighted by molar-refractivity contribution is 0.372. The summed E-state index contributed by atoms with van der Waals surface area (Å²) in [6.07, 6.45) is 2.85. The highest BCUT2D eigenvalue weighted by Gasteiger charge is 2.10. The molecule has 9 heteroatoms. The average molecular weight is 388 g/mol. The minimum absolute atomic E-state index is 0.00806. The van der Waals surface area contributed by atoms with Gasteiger partial charge >= 0.3 is 0 Å². The quantitative estimate of drug-likeness (QED) is 0.621. The number of aryl methyl sites for hydroxylation is 1. The summed E-state index contributed by atoms with van der Waals surface area (Å²) in [7, 11) is 2.96. The number of methoxy groups -OCH3 is 1. The fourth-order valence-corrected chi connectivity index (χ4v) is 2.23. The molecule has 0 aliphatic carbocycles. The van der Waals surface area contributed by atoms with E-state index in [0.717, 1.165) is 4.68 Å². The summed E-state index contributed by atoms with van der Waals surface area (Å²) in [6, 6.07) is 3.31. The van der Waals surface area contributed by atoms with Crippen LogP contribution >= 0.6 is 27.5 Å². The minimum Gasteiger partial charge on any atom is -0.503 e. The highest BCUT2D eigenvalue weighted by Crippen LogP contribution is 2.35. The maximum Gasteiger partial charge on any atom is 0.287 e. The van der Waals surface area contributed by atoms with Crippen molar-refractivity contribution in [2.45, 2.75) is 0 Å². The molecule has 22 heavy (non-hydrogen) atoms. The lowest BCUT2D eigenvalue weighted by Gasteiger charge is -2.07. The van der Waals surface area contributed by atoms with E-state index in [1.807, 2.05) is 0 Å². The van der Waals surface area contributed by atoms with E-state index < -0.39 is 5.56 Å². The fourth-order valence-electron chi connectivity index (χ4n) is 1.59. The van der Waals surface area contributed by atoms with Gasteiger partial charge in [-0.25, -0.2) is 4.68 Å². The molecule has 7 nitrogen and oxygen atoms in total. The summed E-state index contributed by atoms with van der Waals surface area (Å²) in [5.41, 5.74) is 3.10. The van der Waals surface area contributed by atoms with Crippen LogP contribution in [0.1, 0.15) is 5.56 Å². The number of benzene rings is 1. The number of anilines is 1. The number of hydrogen-bond acceptors (Lipinski definition) is 6. The highest BCUT2D eigenvalue weighted by atomic mass is 79.9. The van der Waals surface area contributed by atoms with E-state index in [1.54, 1.807) is 12.1 Å². The molecule has 0 atom stereocenters. The monoisotopic (exact) mass is 386 g/mol. The van der Waals surface area contributed by atoms with Gasteiger partial charge in [0.2, 0.25) is 0 Å². The van der Waals surface area contributed by atoms with E-state index in [9.17, 15) is 9.90 Å². The zero-order valence-electron chi connectivity index (χ0n) is 11.7. The summed E-state index contributed by atoms with van der Waals surface area (Å²) in [5.74, 6) is 0.315. The Morgan fingerprint density at radius 1 is 1.55 bits per heavy atom. The van der Waals surface area contributed by atoms with Crippen molar-refractivity contribution >= 4 is 39.4 Å². The first-order valence-electron chi connectivity index (χ1n) is 6.02. The summed E-state index contributed by atoms with van der Waals surface area (Å²) >= 11 is 9.15. The van der Waals surface area contributed by atoms with Gasteiger partial charge in [-0.3, -0.25) is 10.2 Å². The van der Waals surface area contributed by atoms with Gasteiger partial charge < -0.3 is 9.84 Å². The van der Waals surface area contributed by atoms with Crippen molar-refractivity contribution < 1.29 is 9.84 Å². The molecule has 2 aromatic rings. The van der Waals surface area contributed by atoms with Crippen LogP contribution in [0.5, 0.6) is 11.5 Å². The topological polar surface area (TPSA) is 88.7 Å². The van der Waals surface area contributed by atoms with E-state index in [4.69, 9.17) is 16.3 Å². The maximum atomic E-state index is 11.6. The molecule has 2 rings (SSSR count). The van der Waals surface area contributed by atoms with Crippen LogP contribution in [-0.4, -0.2) is 28.2 Å². The van der Waals surface area contributed by atoms with Crippen molar-refractivity contribution in [2.75, 3.05) is 12.5 Å². The molecule has 116 valence electrons. The van der Waals surface area contributed by atoms with Gasteiger partial charge in [0.1, 0.15) is 10.7 Å². The molecule has 0 saturated carbocycles. The van der Waals surface area contributed by atoms with Crippen LogP contribution in [0.25, 0.3) is 0 Å². The summed E-state index contributed by atoms with van der Waals surface area (Å²) < 4.78 is 6.55. The van der Waals surface area contributed by atoms with Crippen molar-refractivity contribution in [1.29, 1.82) is 0 Å². The fraction of sp³-hybridized carbons (Fsp3) is 0.154. The average Bonchev–Trinajstić information content (AvgIpc) is 2.51. The second-order valence-corrected chi connectivity index (χ2v) is 5.36. The Morgan fingerprint density at radius 3 is 2.95 bits per heavy atom. The zero-order chi connectivity index (χ0) is 16.3. The normalized spacial score (nSPS) is 10.9. The van der Waals surface area contributed by atoms with Crippen molar-refractivity contribution in [3.63, 3.8) is 0 Å². The number of aromatic nitrogens is 2. The Morgan fingerprint density at radius 2 is 2.27 bits per heavy atom. The molecule has 0 amide bonds. The molecule has 0 bridgehead atoms. The van der Waals surface area contributed by atoms with Gasteiger partial charge in [-0.05, 0) is 28.1 Å². The number of halogens is 2. The molecule has 0 fully saturated rings. The van der Waals surface area contributed by atoms with Crippen LogP contribution in [0.4, 0.5) is 5.69 Å². The molecule has 1 aromatic heterocycles. The number of nitrogens with zero attached hydrogens (tertiary/aromatic N) is 3. The van der Waals surface area contributed by atoms with Crippen LogP contribution in [0.2, 0.25) is 5.02 Å². The van der Waals surface area contributed by atoms with Gasteiger partial charge in [-0.15, -0.1) is 0 Å². The first-order chi connectivity index (χ1) is 10.5. The number of ether oxygens (including phenoxy) is 1. The van der Waals surface area contributed by atoms with Crippen molar-refractivity contribution in [2.24, 2.45) is 12.1 Å². The summed E-state index contributed by atoms with van der Waals surface area (Å²) in [4.78, 5) is 11.6. The molecule has 0 spiro atoms. The molecule has 0 aliphatic heterocycles. The minimum atomic E-state index is -0.426. The molecule has 1 aromatic carbocycles. The Balaban J connectivity index is 2.22. The first kappa shape index (κ1) is 16.3. The van der Waals surface area contributed by atoms with Crippen LogP contribution in [0.3, 0.4) is 0 Å². The predicted molar refractivity (Wildman–Crippen MR) is 88.1 cm³/mol. The van der Waals surface area contributed by atoms with Crippen LogP contribution in [0, 0.1) is 0 Å². The SMILES string of the molecule is COc1ccc(/C=N\Nc2cnn(C)c(=O)c2Cl)c(Br)c1O. The summed E-state index contributed by atoms with van der Waals surface area (Å²) in [5, 5.41) is 17.7. The van der Waals surface area contributed by atoms with Crippen LogP contribution in [-0.2, 0) is 7.05 Å². The number of phenols is 1. The van der Waals surface area contributed by atoms with Gasteiger partial charge in [0.15, 0.2) is 11.5 Å². The molecule has 0 unspecified atom stereocenters. The first-order valence-corrected chi connectivity index (χ1v) is 7.19. The molecule has 0 aliphatic rings. The zero-order valence-corrected chi connectivity index (χ0v) is 14.0. The van der Waals surface area contributed by atoms with E-state index >= 15 is 0 Å². The molecule has 1 heterocycles. The maximum absolute atomic E-state index is 11.6. The Kier molecular flexibility index (Phi) is 5.04. The molecule has 0 saturated heterocycles. The molecular formula is C13H12BrClN4O3. The number of hydrazone groups is 1. The lowest BCUT2D eigenvalue weighted by Crippen LogP contribution is -2.20. The third-order valence-electron chi connectivity index (χ3n) is 2.80. The number of hydrogen-bond donors (Lipinski definition) is 2. The van der Waals surface area contributed by atoms with Gasteiger partial charge in [0, 0.05) is 12.6 Å². The Hall–Kier alpha value is -2.06. The third kappa shape index (κ3) is 3.23. The number of aromatic hydroxyl groups is 1. The molecular weight excluding hydrogens is 376 g/mol. The van der Waals surface area contributed by atoms with Crippen molar-refractivity contribution in [3.05, 3.63) is 43.7 Å². The number of rotatable bonds is 4. The second-order valence-electron chi connectivity index (χ2n) is 4.19. The lowest BCUT2D eigenvalue weighted by atomic mass is 10.2. The predicted octanol–water partition coefficient (Wildman–Crippen LogP) is 2.36. The Labute approximate surface area is 139 Å². The number of phenolic OH excluding ortho intramolecular Hbond substituents is 1. The smallest absolute Gasteiger partial charge is 0.287 e. The van der Waals surface area contributed by atoms with E-state index in [-0.39, 0.29) is 16.5 Å². The van der Waals surface area contributed by atoms with Gasteiger partial charge in [0.25, 0.3) is 5.56 Å². The molecule has 2 N–H and O–H groups in total. The highest BCUT2D eigenvalue weighted by molar-refractivity contribution is 9.10. The van der Waals surface area contributed by atoms with Gasteiger partial charge in [-0.2, -0.15) is 10.2 Å². The van der Waals surface area contributed by atoms with Gasteiger partial charge in [0.05, 0.1) is 24.0 Å². The van der Waals surface area contributed by atoms with E-state index in [2.05, 4.69) is 31.6 Å². The van der Waals surface area contributed by atoms with Crippen LogP contribution in [0.15, 0.2) is 32.7 Å². The second kappa shape index (κ2) is 6.80. The third-order valence-corrected chi connectivity index (χ3v) is 3.99. The van der Waals surface area contributed by atoms with Crippen molar-refractivity contribution in [1.82, 2.24) is 9.78 Å².